The number of sulfone groups is 1. The lowest BCUT2D eigenvalue weighted by atomic mass is 9.90. The van der Waals surface area contributed by atoms with Gasteiger partial charge in [0.05, 0.1) is 15.2 Å². The van der Waals surface area contributed by atoms with Crippen LogP contribution in [-0.2, 0) is 16.0 Å². The van der Waals surface area contributed by atoms with Crippen LogP contribution in [0.25, 0.3) is 0 Å². The van der Waals surface area contributed by atoms with Crippen LogP contribution >= 0.6 is 0 Å². The van der Waals surface area contributed by atoms with E-state index < -0.39 is 26.3 Å². The second-order valence-corrected chi connectivity index (χ2v) is 8.18. The number of halogens is 3. The number of rotatable bonds is 5. The summed E-state index contributed by atoms with van der Waals surface area (Å²) in [4.78, 5) is -0.269. The van der Waals surface area contributed by atoms with Crippen LogP contribution in [0, 0.1) is 5.92 Å². The molecule has 0 fully saturated rings. The Morgan fingerprint density at radius 1 is 1.10 bits per heavy atom. The van der Waals surface area contributed by atoms with Crippen LogP contribution in [0.2, 0.25) is 0 Å². The molecule has 1 aromatic carbocycles. The van der Waals surface area contributed by atoms with Crippen LogP contribution in [0.5, 0.6) is 0 Å². The van der Waals surface area contributed by atoms with Crippen molar-refractivity contribution in [2.24, 2.45) is 5.92 Å². The summed E-state index contributed by atoms with van der Waals surface area (Å²) in [5.74, 6) is -0.114. The highest BCUT2D eigenvalue weighted by atomic mass is 32.2. The van der Waals surface area contributed by atoms with Gasteiger partial charge in [0.15, 0.2) is 9.84 Å². The summed E-state index contributed by atoms with van der Waals surface area (Å²) in [6.07, 6.45) is -3.24. The highest BCUT2D eigenvalue weighted by Gasteiger charge is 2.42. The van der Waals surface area contributed by atoms with Crippen molar-refractivity contribution >= 4 is 9.84 Å². The maximum Gasteiger partial charge on any atom is 0.416 e. The summed E-state index contributed by atoms with van der Waals surface area (Å²) in [5, 5.41) is 0. The van der Waals surface area contributed by atoms with Gasteiger partial charge in [0, 0.05) is 0 Å². The Morgan fingerprint density at radius 2 is 1.62 bits per heavy atom. The van der Waals surface area contributed by atoms with Gasteiger partial charge in [-0.25, -0.2) is 8.42 Å². The highest BCUT2D eigenvalue weighted by Crippen LogP contribution is 2.37. The molecule has 0 N–H and O–H groups in total. The molecule has 0 aromatic heterocycles. The van der Waals surface area contributed by atoms with Gasteiger partial charge in [0.2, 0.25) is 0 Å². The smallest absolute Gasteiger partial charge is 0.223 e. The molecule has 0 aliphatic heterocycles. The number of hydrogen-bond donors (Lipinski definition) is 0. The average molecular weight is 322 g/mol. The Bertz CT molecular complexity index is 585. The standard InChI is InChI=1S/C15H21F3O2S/c1-5-11(6-2)14(3,4)21(19,20)13-9-7-8-12(10-13)15(16,17)18/h7-11H,5-6H2,1-4H3. The molecule has 0 aliphatic carbocycles. The molecule has 0 amide bonds. The minimum atomic E-state index is -4.55. The summed E-state index contributed by atoms with van der Waals surface area (Å²) < 4.78 is 62.6. The SMILES string of the molecule is CCC(CC)C(C)(C)S(=O)(=O)c1cccc(C(F)(F)F)c1. The van der Waals surface area contributed by atoms with E-state index in [1.807, 2.05) is 13.8 Å². The maximum absolute atomic E-state index is 12.7. The van der Waals surface area contributed by atoms with Gasteiger partial charge in [-0.05, 0) is 38.0 Å². The fourth-order valence-electron chi connectivity index (χ4n) is 2.63. The molecule has 2 nitrogen and oxygen atoms in total. The molecule has 0 bridgehead atoms. The summed E-state index contributed by atoms with van der Waals surface area (Å²) >= 11 is 0. The third-order valence-corrected chi connectivity index (χ3v) is 6.73. The van der Waals surface area contributed by atoms with E-state index >= 15 is 0 Å². The minimum absolute atomic E-state index is 0.114. The van der Waals surface area contributed by atoms with E-state index in [-0.39, 0.29) is 10.8 Å². The number of benzene rings is 1. The first-order valence-electron chi connectivity index (χ1n) is 6.90. The van der Waals surface area contributed by atoms with Crippen LogP contribution in [0.4, 0.5) is 13.2 Å². The zero-order valence-electron chi connectivity index (χ0n) is 12.7. The lowest BCUT2D eigenvalue weighted by Crippen LogP contribution is -2.39. The van der Waals surface area contributed by atoms with Crippen LogP contribution in [-0.4, -0.2) is 13.2 Å². The van der Waals surface area contributed by atoms with Gasteiger partial charge in [-0.3, -0.25) is 0 Å². The number of hydrogen-bond acceptors (Lipinski definition) is 2. The normalized spacial score (nSPS) is 13.7. The van der Waals surface area contributed by atoms with Crippen molar-refractivity contribution in [1.29, 1.82) is 0 Å². The van der Waals surface area contributed by atoms with Gasteiger partial charge in [0.1, 0.15) is 0 Å². The first-order chi connectivity index (χ1) is 9.48. The van der Waals surface area contributed by atoms with Crippen LogP contribution in [0.3, 0.4) is 0 Å². The Balaban J connectivity index is 3.38. The van der Waals surface area contributed by atoms with Gasteiger partial charge in [-0.2, -0.15) is 13.2 Å². The van der Waals surface area contributed by atoms with Crippen molar-refractivity contribution < 1.29 is 21.6 Å². The zero-order chi connectivity index (χ0) is 16.5. The van der Waals surface area contributed by atoms with Crippen LogP contribution in [0.15, 0.2) is 29.2 Å². The lowest BCUT2D eigenvalue weighted by molar-refractivity contribution is -0.137. The summed E-state index contributed by atoms with van der Waals surface area (Å²) in [6, 6.07) is 3.97. The Hall–Kier alpha value is -1.04. The minimum Gasteiger partial charge on any atom is -0.223 e. The first kappa shape index (κ1) is 18.0. The van der Waals surface area contributed by atoms with E-state index in [0.29, 0.717) is 12.8 Å². The van der Waals surface area contributed by atoms with Gasteiger partial charge < -0.3 is 0 Å². The molecule has 1 aromatic rings. The van der Waals surface area contributed by atoms with Gasteiger partial charge in [-0.1, -0.05) is 32.8 Å². The second-order valence-electron chi connectivity index (χ2n) is 5.65. The van der Waals surface area contributed by atoms with E-state index in [2.05, 4.69) is 0 Å². The summed E-state index contributed by atoms with van der Waals surface area (Å²) in [5.41, 5.74) is -0.941. The van der Waals surface area contributed by atoms with Gasteiger partial charge in [-0.15, -0.1) is 0 Å². The van der Waals surface area contributed by atoms with Crippen molar-refractivity contribution in [3.05, 3.63) is 29.8 Å². The predicted molar refractivity (Wildman–Crippen MR) is 76.8 cm³/mol. The monoisotopic (exact) mass is 322 g/mol. The molecule has 21 heavy (non-hydrogen) atoms. The predicted octanol–water partition coefficient (Wildman–Crippen LogP) is 4.69. The highest BCUT2D eigenvalue weighted by molar-refractivity contribution is 7.92. The first-order valence-corrected chi connectivity index (χ1v) is 8.38. The molecule has 0 atom stereocenters. The zero-order valence-corrected chi connectivity index (χ0v) is 13.5. The second kappa shape index (κ2) is 5.99. The van der Waals surface area contributed by atoms with E-state index in [0.717, 1.165) is 18.2 Å². The molecule has 120 valence electrons. The topological polar surface area (TPSA) is 34.1 Å². The average Bonchev–Trinajstić information content (AvgIpc) is 2.38. The van der Waals surface area contributed by atoms with Crippen molar-refractivity contribution in [2.45, 2.75) is 56.4 Å². The van der Waals surface area contributed by atoms with Crippen molar-refractivity contribution in [1.82, 2.24) is 0 Å². The Kier molecular flexibility index (Phi) is 5.13. The third-order valence-electron chi connectivity index (χ3n) is 4.13. The fourth-order valence-corrected chi connectivity index (χ4v) is 4.55. The van der Waals surface area contributed by atoms with E-state index in [1.54, 1.807) is 13.8 Å². The molecule has 0 saturated heterocycles. The van der Waals surface area contributed by atoms with Crippen LogP contribution in [0.1, 0.15) is 46.1 Å². The molecule has 0 spiro atoms. The van der Waals surface area contributed by atoms with E-state index in [4.69, 9.17) is 0 Å². The van der Waals surface area contributed by atoms with Gasteiger partial charge in [0.25, 0.3) is 0 Å². The molecule has 1 rings (SSSR count). The molecule has 0 radical (unpaired) electrons. The molecule has 0 saturated carbocycles. The molecule has 0 heterocycles. The maximum atomic E-state index is 12.7. The Labute approximate surface area is 124 Å². The van der Waals surface area contributed by atoms with Crippen molar-refractivity contribution in [3.63, 3.8) is 0 Å². The van der Waals surface area contributed by atoms with E-state index in [9.17, 15) is 21.6 Å². The molecule has 0 aliphatic rings. The van der Waals surface area contributed by atoms with Gasteiger partial charge >= 0.3 is 6.18 Å². The number of alkyl halides is 3. The quantitative estimate of drug-likeness (QED) is 0.788. The van der Waals surface area contributed by atoms with Crippen LogP contribution < -0.4 is 0 Å². The molecular weight excluding hydrogens is 301 g/mol. The molecular formula is C15H21F3O2S. The lowest BCUT2D eigenvalue weighted by Gasteiger charge is -2.33. The summed E-state index contributed by atoms with van der Waals surface area (Å²) in [6.45, 7) is 6.94. The summed E-state index contributed by atoms with van der Waals surface area (Å²) in [7, 11) is -3.84. The molecule has 0 unspecified atom stereocenters. The van der Waals surface area contributed by atoms with E-state index in [1.165, 1.54) is 6.07 Å². The fraction of sp³-hybridized carbons (Fsp3) is 0.600. The molecule has 6 heteroatoms. The largest absolute Gasteiger partial charge is 0.416 e. The Morgan fingerprint density at radius 3 is 2.05 bits per heavy atom. The van der Waals surface area contributed by atoms with Crippen molar-refractivity contribution in [2.75, 3.05) is 0 Å². The third kappa shape index (κ3) is 3.42. The van der Waals surface area contributed by atoms with Crippen molar-refractivity contribution in [3.8, 4) is 0 Å².